The molecule has 1 unspecified atom stereocenters. The van der Waals surface area contributed by atoms with E-state index >= 15 is 0 Å². The highest BCUT2D eigenvalue weighted by molar-refractivity contribution is 6.14. The Kier molecular flexibility index (Phi) is 2.72. The van der Waals surface area contributed by atoms with E-state index in [1.54, 1.807) is 6.07 Å². The number of hydrogen-bond donors (Lipinski definition) is 2. The third-order valence-corrected chi connectivity index (χ3v) is 5.15. The molecule has 5 rings (SSSR count). The van der Waals surface area contributed by atoms with Gasteiger partial charge in [-0.15, -0.1) is 0 Å². The van der Waals surface area contributed by atoms with Crippen molar-refractivity contribution in [3.05, 3.63) is 83.2 Å². The Bertz CT molecular complexity index is 1190. The first kappa shape index (κ1) is 14.6. The van der Waals surface area contributed by atoms with Crippen LogP contribution in [0.15, 0.2) is 72.1 Å². The number of anilines is 1. The number of hydrogen-bond acceptors (Lipinski definition) is 4. The Labute approximate surface area is 149 Å². The van der Waals surface area contributed by atoms with E-state index in [1.807, 2.05) is 60.7 Å². The summed E-state index contributed by atoms with van der Waals surface area (Å²) in [6.45, 7) is 0. The first-order chi connectivity index (χ1) is 12.7. The molecular weight excluding hydrogens is 326 g/mol. The van der Waals surface area contributed by atoms with E-state index < -0.39 is 5.41 Å². The van der Waals surface area contributed by atoms with Crippen LogP contribution in [0, 0.1) is 11.3 Å². The van der Waals surface area contributed by atoms with Crippen molar-refractivity contribution >= 4 is 22.4 Å². The molecule has 3 aromatic carbocycles. The van der Waals surface area contributed by atoms with E-state index in [1.165, 1.54) is 0 Å². The Morgan fingerprint density at radius 1 is 1.04 bits per heavy atom. The number of fused-ring (bicyclic) bond motifs is 6. The number of nitrogens with one attached hydrogen (secondary N) is 1. The maximum atomic E-state index is 13.3. The van der Waals surface area contributed by atoms with Crippen LogP contribution in [0.3, 0.4) is 0 Å². The van der Waals surface area contributed by atoms with Gasteiger partial charge in [0.25, 0.3) is 0 Å². The van der Waals surface area contributed by atoms with Crippen LogP contribution in [0.5, 0.6) is 5.75 Å². The van der Waals surface area contributed by atoms with Crippen molar-refractivity contribution in [3.8, 4) is 11.8 Å². The van der Waals surface area contributed by atoms with Gasteiger partial charge in [-0.3, -0.25) is 4.79 Å². The number of rotatable bonds is 0. The standard InChI is InChI=1S/C21H13N3O2/c22-11-17-19(23)21(14-7-3-4-8-15(14)24-20(21)25)18-13-6-2-1-5-12(13)9-10-16(18)26-17/h1-10H,23H2,(H,24,25). The molecule has 2 heterocycles. The van der Waals surface area contributed by atoms with Crippen LogP contribution in [0.2, 0.25) is 0 Å². The summed E-state index contributed by atoms with van der Waals surface area (Å²) < 4.78 is 5.77. The molecule has 0 saturated carbocycles. The molecule has 1 spiro atoms. The summed E-state index contributed by atoms with van der Waals surface area (Å²) in [5.74, 6) is 0.158. The number of benzene rings is 3. The number of nitrogens with zero attached hydrogens (tertiary/aromatic N) is 1. The van der Waals surface area contributed by atoms with Crippen LogP contribution in [0.4, 0.5) is 5.69 Å². The molecule has 2 aliphatic rings. The Balaban J connectivity index is 2.01. The van der Waals surface area contributed by atoms with Gasteiger partial charge >= 0.3 is 0 Å². The number of carbonyl (C=O) groups is 1. The fraction of sp³-hybridized carbons (Fsp3) is 0.0476. The quantitative estimate of drug-likeness (QED) is 0.658. The summed E-state index contributed by atoms with van der Waals surface area (Å²) in [4.78, 5) is 13.3. The van der Waals surface area contributed by atoms with Crippen LogP contribution >= 0.6 is 0 Å². The third-order valence-electron chi connectivity index (χ3n) is 5.15. The van der Waals surface area contributed by atoms with Crippen molar-refractivity contribution in [2.24, 2.45) is 5.73 Å². The van der Waals surface area contributed by atoms with Crippen LogP contribution in [0.25, 0.3) is 10.8 Å². The summed E-state index contributed by atoms with van der Waals surface area (Å²) in [7, 11) is 0. The van der Waals surface area contributed by atoms with Crippen LogP contribution in [0.1, 0.15) is 11.1 Å². The number of amides is 1. The number of nitriles is 1. The number of carbonyl (C=O) groups excluding carboxylic acids is 1. The average molecular weight is 339 g/mol. The second kappa shape index (κ2) is 4.87. The van der Waals surface area contributed by atoms with Gasteiger partial charge in [0.1, 0.15) is 17.2 Å². The first-order valence-corrected chi connectivity index (χ1v) is 8.19. The van der Waals surface area contributed by atoms with Crippen LogP contribution in [-0.2, 0) is 10.2 Å². The lowest BCUT2D eigenvalue weighted by molar-refractivity contribution is -0.118. The maximum Gasteiger partial charge on any atom is 0.245 e. The normalized spacial score (nSPS) is 20.3. The number of ether oxygens (including phenoxy) is 1. The largest absolute Gasteiger partial charge is 0.444 e. The Hall–Kier alpha value is -3.78. The molecule has 1 amide bonds. The van der Waals surface area contributed by atoms with Gasteiger partial charge in [0.05, 0.1) is 5.70 Å². The molecule has 124 valence electrons. The summed E-state index contributed by atoms with van der Waals surface area (Å²) >= 11 is 0. The lowest BCUT2D eigenvalue weighted by Crippen LogP contribution is -2.44. The van der Waals surface area contributed by atoms with Crippen molar-refractivity contribution in [1.29, 1.82) is 5.26 Å². The van der Waals surface area contributed by atoms with Crippen LogP contribution in [-0.4, -0.2) is 5.91 Å². The summed E-state index contributed by atoms with van der Waals surface area (Å²) in [5, 5.41) is 14.3. The summed E-state index contributed by atoms with van der Waals surface area (Å²) in [6, 6.07) is 20.9. The van der Waals surface area contributed by atoms with Gasteiger partial charge in [0.2, 0.25) is 11.7 Å². The molecule has 5 heteroatoms. The molecule has 2 aliphatic heterocycles. The second-order valence-electron chi connectivity index (χ2n) is 6.37. The molecular formula is C21H13N3O2. The monoisotopic (exact) mass is 339 g/mol. The zero-order valence-corrected chi connectivity index (χ0v) is 13.6. The molecule has 0 fully saturated rings. The fourth-order valence-electron chi connectivity index (χ4n) is 4.05. The number of allylic oxidation sites excluding steroid dienone is 1. The molecule has 3 aromatic rings. The topological polar surface area (TPSA) is 88.1 Å². The van der Waals surface area contributed by atoms with E-state index in [4.69, 9.17) is 10.5 Å². The molecule has 0 saturated heterocycles. The fourth-order valence-corrected chi connectivity index (χ4v) is 4.05. The smallest absolute Gasteiger partial charge is 0.245 e. The van der Waals surface area contributed by atoms with Gasteiger partial charge in [-0.1, -0.05) is 48.5 Å². The predicted molar refractivity (Wildman–Crippen MR) is 97.3 cm³/mol. The zero-order valence-electron chi connectivity index (χ0n) is 13.6. The van der Waals surface area contributed by atoms with E-state index in [2.05, 4.69) is 5.32 Å². The lowest BCUT2D eigenvalue weighted by Gasteiger charge is -2.35. The van der Waals surface area contributed by atoms with Crippen molar-refractivity contribution in [3.63, 3.8) is 0 Å². The lowest BCUT2D eigenvalue weighted by atomic mass is 9.69. The average Bonchev–Trinajstić information content (AvgIpc) is 2.97. The Morgan fingerprint density at radius 3 is 2.65 bits per heavy atom. The van der Waals surface area contributed by atoms with Gasteiger partial charge in [-0.25, -0.2) is 0 Å². The molecule has 0 radical (unpaired) electrons. The minimum Gasteiger partial charge on any atom is -0.444 e. The number of para-hydroxylation sites is 1. The summed E-state index contributed by atoms with van der Waals surface area (Å²) in [6.07, 6.45) is 0. The number of nitrogens with two attached hydrogens (primary N) is 1. The van der Waals surface area contributed by atoms with E-state index in [-0.39, 0.29) is 17.4 Å². The highest BCUT2D eigenvalue weighted by Gasteiger charge is 2.56. The van der Waals surface area contributed by atoms with Gasteiger partial charge in [-0.05, 0) is 22.9 Å². The maximum absolute atomic E-state index is 13.3. The molecule has 3 N–H and O–H groups in total. The van der Waals surface area contributed by atoms with E-state index in [9.17, 15) is 10.1 Å². The summed E-state index contributed by atoms with van der Waals surface area (Å²) in [5.41, 5.74) is 7.35. The minimum atomic E-state index is -1.28. The molecule has 0 aliphatic carbocycles. The van der Waals surface area contributed by atoms with Crippen molar-refractivity contribution in [2.75, 3.05) is 5.32 Å². The van der Waals surface area contributed by atoms with Gasteiger partial charge < -0.3 is 15.8 Å². The molecule has 1 atom stereocenters. The molecule has 0 bridgehead atoms. The second-order valence-corrected chi connectivity index (χ2v) is 6.37. The van der Waals surface area contributed by atoms with Crippen molar-refractivity contribution in [2.45, 2.75) is 5.41 Å². The van der Waals surface area contributed by atoms with Gasteiger partial charge in [0, 0.05) is 16.8 Å². The molecule has 5 nitrogen and oxygen atoms in total. The predicted octanol–water partition coefficient (Wildman–Crippen LogP) is 3.16. The van der Waals surface area contributed by atoms with E-state index in [0.717, 1.165) is 16.3 Å². The minimum absolute atomic E-state index is 0.0420. The SMILES string of the molecule is N#CC1=C(N)C2(C(=O)Nc3ccccc32)c2c(ccc3ccccc23)O1. The first-order valence-electron chi connectivity index (χ1n) is 8.19. The Morgan fingerprint density at radius 2 is 1.81 bits per heavy atom. The van der Waals surface area contributed by atoms with Gasteiger partial charge in [0.15, 0.2) is 0 Å². The van der Waals surface area contributed by atoms with Crippen molar-refractivity contribution in [1.82, 2.24) is 0 Å². The van der Waals surface area contributed by atoms with E-state index in [0.29, 0.717) is 17.0 Å². The van der Waals surface area contributed by atoms with Crippen LogP contribution < -0.4 is 15.8 Å². The molecule has 0 aromatic heterocycles. The van der Waals surface area contributed by atoms with Crippen molar-refractivity contribution < 1.29 is 9.53 Å². The van der Waals surface area contributed by atoms with Gasteiger partial charge in [-0.2, -0.15) is 5.26 Å². The zero-order chi connectivity index (χ0) is 17.9. The highest BCUT2D eigenvalue weighted by Crippen LogP contribution is 2.54. The molecule has 26 heavy (non-hydrogen) atoms. The third kappa shape index (κ3) is 1.56. The highest BCUT2D eigenvalue weighted by atomic mass is 16.5.